The number of hydrogen-bond donors (Lipinski definition) is 1. The fourth-order valence-electron chi connectivity index (χ4n) is 4.49. The quantitative estimate of drug-likeness (QED) is 0.751. The number of halogens is 1. The van der Waals surface area contributed by atoms with E-state index >= 15 is 0 Å². The number of thioether (sulfide) groups is 1. The van der Waals surface area contributed by atoms with Crippen molar-refractivity contribution in [1.82, 2.24) is 10.3 Å². The molecule has 4 rings (SSSR count). The summed E-state index contributed by atoms with van der Waals surface area (Å²) in [6.45, 7) is 4.05. The number of aromatic nitrogens is 1. The zero-order chi connectivity index (χ0) is 17.6. The number of carbonyl (C=O) groups excluding carboxylic acids is 1. The van der Waals surface area contributed by atoms with Crippen LogP contribution in [0.4, 0.5) is 0 Å². The van der Waals surface area contributed by atoms with Crippen molar-refractivity contribution in [2.75, 3.05) is 0 Å². The fourth-order valence-corrected chi connectivity index (χ4v) is 5.42. The second kappa shape index (κ2) is 6.84. The second-order valence-electron chi connectivity index (χ2n) is 7.49. The number of nitrogens with one attached hydrogen (secondary N) is 1. The first kappa shape index (κ1) is 17.2. The van der Waals surface area contributed by atoms with Crippen molar-refractivity contribution in [2.24, 2.45) is 17.8 Å². The molecule has 134 valence electrons. The van der Waals surface area contributed by atoms with Crippen molar-refractivity contribution in [2.45, 2.75) is 56.0 Å². The Morgan fingerprint density at radius 3 is 2.92 bits per heavy atom. The van der Waals surface area contributed by atoms with Gasteiger partial charge in [0, 0.05) is 11.1 Å². The molecule has 0 spiro atoms. The molecule has 25 heavy (non-hydrogen) atoms. The molecule has 0 saturated heterocycles. The average Bonchev–Trinajstić information content (AvgIpc) is 3.28. The molecule has 5 unspecified atom stereocenters. The van der Waals surface area contributed by atoms with E-state index in [1.54, 1.807) is 18.2 Å². The van der Waals surface area contributed by atoms with Crippen molar-refractivity contribution in [1.29, 1.82) is 0 Å². The Morgan fingerprint density at radius 1 is 1.36 bits per heavy atom. The minimum absolute atomic E-state index is 0.0561. The van der Waals surface area contributed by atoms with Gasteiger partial charge in [-0.05, 0) is 69.1 Å². The topological polar surface area (TPSA) is 55.1 Å². The van der Waals surface area contributed by atoms with Crippen LogP contribution in [-0.4, -0.2) is 22.2 Å². The van der Waals surface area contributed by atoms with Crippen LogP contribution >= 0.6 is 23.4 Å². The highest BCUT2D eigenvalue weighted by Crippen LogP contribution is 2.49. The van der Waals surface area contributed by atoms with Gasteiger partial charge in [-0.2, -0.15) is 0 Å². The van der Waals surface area contributed by atoms with Gasteiger partial charge in [0.2, 0.25) is 5.91 Å². The smallest absolute Gasteiger partial charge is 0.257 e. The molecular formula is C19H23ClN2O2S. The predicted molar refractivity (Wildman–Crippen MR) is 101 cm³/mol. The molecule has 1 aromatic carbocycles. The molecule has 1 heterocycles. The van der Waals surface area contributed by atoms with E-state index in [0.29, 0.717) is 21.7 Å². The van der Waals surface area contributed by atoms with Gasteiger partial charge in [0.25, 0.3) is 5.22 Å². The van der Waals surface area contributed by atoms with Gasteiger partial charge in [-0.1, -0.05) is 29.8 Å². The number of nitrogens with zero attached hydrogens (tertiary/aromatic N) is 1. The first-order valence-corrected chi connectivity index (χ1v) is 10.3. The minimum atomic E-state index is -0.246. The van der Waals surface area contributed by atoms with E-state index in [-0.39, 0.29) is 17.2 Å². The lowest BCUT2D eigenvalue weighted by molar-refractivity contribution is -0.121. The van der Waals surface area contributed by atoms with Gasteiger partial charge < -0.3 is 9.73 Å². The first-order chi connectivity index (χ1) is 12.0. The molecule has 6 heteroatoms. The summed E-state index contributed by atoms with van der Waals surface area (Å²) in [5.41, 5.74) is 1.41. The summed E-state index contributed by atoms with van der Waals surface area (Å²) < 4.78 is 5.70. The Morgan fingerprint density at radius 2 is 2.20 bits per heavy atom. The number of fused-ring (bicyclic) bond motifs is 3. The van der Waals surface area contributed by atoms with Crippen molar-refractivity contribution in [3.05, 3.63) is 23.2 Å². The lowest BCUT2D eigenvalue weighted by Crippen LogP contribution is -2.43. The average molecular weight is 379 g/mol. The van der Waals surface area contributed by atoms with Crippen molar-refractivity contribution in [3.8, 4) is 0 Å². The number of oxazole rings is 1. The molecule has 2 aliphatic rings. The molecule has 1 aromatic heterocycles. The Balaban J connectivity index is 1.36. The molecule has 2 aromatic rings. The summed E-state index contributed by atoms with van der Waals surface area (Å²) in [6, 6.07) is 5.59. The van der Waals surface area contributed by atoms with E-state index in [1.165, 1.54) is 37.4 Å². The molecule has 5 atom stereocenters. The highest BCUT2D eigenvalue weighted by molar-refractivity contribution is 8.00. The van der Waals surface area contributed by atoms with Crippen molar-refractivity contribution >= 4 is 40.4 Å². The molecular weight excluding hydrogens is 356 g/mol. The van der Waals surface area contributed by atoms with E-state index in [9.17, 15) is 4.79 Å². The van der Waals surface area contributed by atoms with Crippen LogP contribution in [0.1, 0.15) is 39.5 Å². The molecule has 2 fully saturated rings. The van der Waals surface area contributed by atoms with Crippen LogP contribution in [0.25, 0.3) is 11.1 Å². The van der Waals surface area contributed by atoms with Gasteiger partial charge in [-0.25, -0.2) is 4.98 Å². The summed E-state index contributed by atoms with van der Waals surface area (Å²) >= 11 is 7.33. The fraction of sp³-hybridized carbons (Fsp3) is 0.579. The number of carbonyl (C=O) groups is 1. The largest absolute Gasteiger partial charge is 0.431 e. The molecule has 2 bridgehead atoms. The van der Waals surface area contributed by atoms with E-state index in [2.05, 4.69) is 17.2 Å². The van der Waals surface area contributed by atoms with Gasteiger partial charge in [0.15, 0.2) is 5.58 Å². The molecule has 2 saturated carbocycles. The summed E-state index contributed by atoms with van der Waals surface area (Å²) in [4.78, 5) is 17.0. The second-order valence-corrected chi connectivity index (χ2v) is 9.22. The van der Waals surface area contributed by atoms with Crippen molar-refractivity contribution < 1.29 is 9.21 Å². The van der Waals surface area contributed by atoms with Gasteiger partial charge in [0.1, 0.15) is 5.52 Å². The molecule has 1 N–H and O–H groups in total. The lowest BCUT2D eigenvalue weighted by Gasteiger charge is -2.29. The van der Waals surface area contributed by atoms with Crippen LogP contribution in [0.2, 0.25) is 5.02 Å². The Kier molecular flexibility index (Phi) is 4.71. The van der Waals surface area contributed by atoms with Crippen LogP contribution in [0.3, 0.4) is 0 Å². The normalized spacial score (nSPS) is 27.6. The molecule has 1 amide bonds. The zero-order valence-corrected chi connectivity index (χ0v) is 16.1. The maximum atomic E-state index is 12.6. The van der Waals surface area contributed by atoms with Crippen LogP contribution in [-0.2, 0) is 4.79 Å². The van der Waals surface area contributed by atoms with Crippen molar-refractivity contribution in [3.63, 3.8) is 0 Å². The summed E-state index contributed by atoms with van der Waals surface area (Å²) in [6.07, 6.45) is 5.36. The third-order valence-corrected chi connectivity index (χ3v) is 6.96. The Labute approximate surface area is 157 Å². The molecule has 0 aliphatic heterocycles. The maximum absolute atomic E-state index is 12.6. The highest BCUT2D eigenvalue weighted by Gasteiger charge is 2.42. The van der Waals surface area contributed by atoms with Gasteiger partial charge >= 0.3 is 0 Å². The number of rotatable bonds is 5. The summed E-state index contributed by atoms with van der Waals surface area (Å²) in [5.74, 6) is 2.41. The Hall–Kier alpha value is -1.20. The molecule has 4 nitrogen and oxygen atoms in total. The maximum Gasteiger partial charge on any atom is 0.257 e. The minimum Gasteiger partial charge on any atom is -0.431 e. The van der Waals surface area contributed by atoms with Crippen LogP contribution < -0.4 is 5.32 Å². The SMILES string of the molecule is CC(Sc1nc2cc(Cl)ccc2o1)C(=O)NC(C)C1CC2CCC1C2. The third kappa shape index (κ3) is 3.54. The number of hydrogen-bond acceptors (Lipinski definition) is 4. The van der Waals surface area contributed by atoms with Gasteiger partial charge in [-0.15, -0.1) is 0 Å². The molecule has 2 aliphatic carbocycles. The van der Waals surface area contributed by atoms with E-state index in [1.807, 2.05) is 6.92 Å². The van der Waals surface area contributed by atoms with Gasteiger partial charge in [0.05, 0.1) is 5.25 Å². The van der Waals surface area contributed by atoms with E-state index in [4.69, 9.17) is 16.0 Å². The number of benzene rings is 1. The van der Waals surface area contributed by atoms with Crippen LogP contribution in [0, 0.1) is 17.8 Å². The van der Waals surface area contributed by atoms with E-state index in [0.717, 1.165) is 17.4 Å². The van der Waals surface area contributed by atoms with Gasteiger partial charge in [-0.3, -0.25) is 4.79 Å². The molecule has 0 radical (unpaired) electrons. The van der Waals surface area contributed by atoms with Crippen LogP contribution in [0.15, 0.2) is 27.8 Å². The monoisotopic (exact) mass is 378 g/mol. The predicted octanol–water partition coefficient (Wildman–Crippen LogP) is 4.90. The summed E-state index contributed by atoms with van der Waals surface area (Å²) in [7, 11) is 0. The van der Waals surface area contributed by atoms with Crippen LogP contribution in [0.5, 0.6) is 0 Å². The highest BCUT2D eigenvalue weighted by atomic mass is 35.5. The lowest BCUT2D eigenvalue weighted by atomic mass is 9.84. The Bertz CT molecular complexity index is 793. The first-order valence-electron chi connectivity index (χ1n) is 9.02. The van der Waals surface area contributed by atoms with E-state index < -0.39 is 0 Å². The standard InChI is InChI=1S/C19H23ClN2O2S/c1-10(15-8-12-3-4-13(15)7-12)21-18(23)11(2)25-19-22-16-9-14(20)5-6-17(16)24-19/h5-6,9-13,15H,3-4,7-8H2,1-2H3,(H,21,23). The third-order valence-electron chi connectivity index (χ3n) is 5.78. The zero-order valence-electron chi connectivity index (χ0n) is 14.5. The summed E-state index contributed by atoms with van der Waals surface area (Å²) in [5, 5.41) is 4.11. The number of amides is 1.